The van der Waals surface area contributed by atoms with Crippen LogP contribution in [0.4, 0.5) is 4.39 Å². The fourth-order valence-corrected chi connectivity index (χ4v) is 2.88. The first-order chi connectivity index (χ1) is 11.8. The molecule has 1 amide bonds. The standard InChI is InChI=1S/C17H21FN4O3/c1-16(2,22-12-19-11-20-22)15(23)21-8-7-17(24,9-21)10-25-14-5-3-13(18)4-6-14/h3-6,11-12,24H,7-10H2,1-2H3/t17-/m1/s1. The molecule has 1 aromatic heterocycles. The van der Waals surface area contributed by atoms with Gasteiger partial charge in [-0.25, -0.2) is 14.1 Å². The van der Waals surface area contributed by atoms with E-state index in [-0.39, 0.29) is 24.9 Å². The van der Waals surface area contributed by atoms with Crippen LogP contribution in [0.2, 0.25) is 0 Å². The van der Waals surface area contributed by atoms with E-state index < -0.39 is 11.1 Å². The summed E-state index contributed by atoms with van der Waals surface area (Å²) in [5.74, 6) is -0.0164. The summed E-state index contributed by atoms with van der Waals surface area (Å²) in [6.07, 6.45) is 3.29. The third-order valence-electron chi connectivity index (χ3n) is 4.46. The minimum atomic E-state index is -1.14. The number of amides is 1. The molecule has 1 N–H and O–H groups in total. The van der Waals surface area contributed by atoms with Gasteiger partial charge in [-0.1, -0.05) is 0 Å². The number of hydrogen-bond donors (Lipinski definition) is 1. The summed E-state index contributed by atoms with van der Waals surface area (Å²) in [4.78, 5) is 18.3. The quantitative estimate of drug-likeness (QED) is 0.878. The molecule has 0 unspecified atom stereocenters. The minimum Gasteiger partial charge on any atom is -0.491 e. The first kappa shape index (κ1) is 17.3. The van der Waals surface area contributed by atoms with Gasteiger partial charge in [-0.15, -0.1) is 0 Å². The minimum absolute atomic E-state index is 0.0339. The molecule has 0 radical (unpaired) electrons. The molecule has 0 spiro atoms. The van der Waals surface area contributed by atoms with Gasteiger partial charge >= 0.3 is 0 Å². The predicted octanol–water partition coefficient (Wildman–Crippen LogP) is 1.19. The van der Waals surface area contributed by atoms with E-state index in [1.165, 1.54) is 41.6 Å². The second kappa shape index (κ2) is 6.44. The van der Waals surface area contributed by atoms with Gasteiger partial charge < -0.3 is 14.7 Å². The van der Waals surface area contributed by atoms with Crippen molar-refractivity contribution in [2.45, 2.75) is 31.4 Å². The Morgan fingerprint density at radius 1 is 1.40 bits per heavy atom. The molecular weight excluding hydrogens is 327 g/mol. The zero-order valence-corrected chi connectivity index (χ0v) is 14.2. The zero-order valence-electron chi connectivity index (χ0n) is 14.2. The number of aromatic nitrogens is 3. The van der Waals surface area contributed by atoms with Crippen LogP contribution in [-0.2, 0) is 10.3 Å². The third-order valence-corrected chi connectivity index (χ3v) is 4.46. The van der Waals surface area contributed by atoms with Crippen molar-refractivity contribution in [3.63, 3.8) is 0 Å². The lowest BCUT2D eigenvalue weighted by atomic mass is 10.0. The molecule has 25 heavy (non-hydrogen) atoms. The van der Waals surface area contributed by atoms with Crippen LogP contribution in [0.15, 0.2) is 36.9 Å². The molecule has 1 aliphatic heterocycles. The maximum Gasteiger partial charge on any atom is 0.250 e. The average Bonchev–Trinajstić information content (AvgIpc) is 3.24. The van der Waals surface area contributed by atoms with E-state index in [0.717, 1.165) is 0 Å². The summed E-state index contributed by atoms with van der Waals surface area (Å²) in [5.41, 5.74) is -2.03. The molecule has 2 aromatic rings. The highest BCUT2D eigenvalue weighted by atomic mass is 19.1. The Hall–Kier alpha value is -2.48. The molecule has 8 heteroatoms. The average molecular weight is 348 g/mol. The van der Waals surface area contributed by atoms with Gasteiger partial charge in [-0.05, 0) is 44.5 Å². The van der Waals surface area contributed by atoms with Gasteiger partial charge in [-0.2, -0.15) is 5.10 Å². The lowest BCUT2D eigenvalue weighted by Crippen LogP contribution is -2.48. The van der Waals surface area contributed by atoms with Gasteiger partial charge in [0.2, 0.25) is 5.91 Å². The van der Waals surface area contributed by atoms with Gasteiger partial charge in [-0.3, -0.25) is 4.79 Å². The van der Waals surface area contributed by atoms with Crippen molar-refractivity contribution in [2.24, 2.45) is 0 Å². The monoisotopic (exact) mass is 348 g/mol. The van der Waals surface area contributed by atoms with Crippen LogP contribution in [0.5, 0.6) is 5.75 Å². The molecule has 1 atom stereocenters. The van der Waals surface area contributed by atoms with Crippen LogP contribution in [0.25, 0.3) is 0 Å². The molecule has 1 aliphatic rings. The third kappa shape index (κ3) is 3.63. The van der Waals surface area contributed by atoms with Crippen LogP contribution in [0.3, 0.4) is 0 Å². The maximum atomic E-state index is 12.9. The highest BCUT2D eigenvalue weighted by molar-refractivity contribution is 5.84. The van der Waals surface area contributed by atoms with Crippen LogP contribution in [0.1, 0.15) is 20.3 Å². The van der Waals surface area contributed by atoms with Gasteiger partial charge in [0.15, 0.2) is 0 Å². The lowest BCUT2D eigenvalue weighted by Gasteiger charge is -2.30. The number of hydrogen-bond acceptors (Lipinski definition) is 5. The van der Waals surface area contributed by atoms with E-state index in [0.29, 0.717) is 18.7 Å². The Labute approximate surface area is 145 Å². The number of benzene rings is 1. The van der Waals surface area contributed by atoms with Crippen LogP contribution in [-0.4, -0.2) is 56.0 Å². The summed E-state index contributed by atoms with van der Waals surface area (Å²) in [7, 11) is 0. The van der Waals surface area contributed by atoms with E-state index in [2.05, 4.69) is 10.1 Å². The zero-order chi connectivity index (χ0) is 18.1. The molecule has 3 rings (SSSR count). The maximum absolute atomic E-state index is 12.9. The SMILES string of the molecule is CC(C)(C(=O)N1CC[C@](O)(COc2ccc(F)cc2)C1)n1cncn1. The first-order valence-corrected chi connectivity index (χ1v) is 8.05. The van der Waals surface area contributed by atoms with Crippen LogP contribution >= 0.6 is 0 Å². The molecular formula is C17H21FN4O3. The van der Waals surface area contributed by atoms with Crippen molar-refractivity contribution in [3.05, 3.63) is 42.7 Å². The van der Waals surface area contributed by atoms with E-state index in [9.17, 15) is 14.3 Å². The summed E-state index contributed by atoms with van der Waals surface area (Å²) < 4.78 is 20.0. The normalized spacial score (nSPS) is 20.7. The van der Waals surface area contributed by atoms with Gasteiger partial charge in [0.05, 0.1) is 6.54 Å². The van der Waals surface area contributed by atoms with E-state index in [4.69, 9.17) is 4.74 Å². The molecule has 0 bridgehead atoms. The van der Waals surface area contributed by atoms with Gasteiger partial charge in [0, 0.05) is 6.54 Å². The Kier molecular flexibility index (Phi) is 4.47. The number of carbonyl (C=O) groups is 1. The number of β-amino-alcohol motifs (C(OH)–C–C–N with tert-alkyl or cyclic N) is 1. The molecule has 1 fully saturated rings. The van der Waals surface area contributed by atoms with E-state index >= 15 is 0 Å². The number of ether oxygens (including phenoxy) is 1. The summed E-state index contributed by atoms with van der Waals surface area (Å²) >= 11 is 0. The second-order valence-electron chi connectivity index (χ2n) is 6.84. The van der Waals surface area contributed by atoms with Crippen molar-refractivity contribution in [2.75, 3.05) is 19.7 Å². The lowest BCUT2D eigenvalue weighted by molar-refractivity contribution is -0.139. The van der Waals surface area contributed by atoms with Gasteiger partial charge in [0.25, 0.3) is 0 Å². The number of nitrogens with zero attached hydrogens (tertiary/aromatic N) is 4. The van der Waals surface area contributed by atoms with E-state index in [1.54, 1.807) is 18.7 Å². The molecule has 1 aromatic carbocycles. The largest absolute Gasteiger partial charge is 0.491 e. The molecule has 0 aliphatic carbocycles. The summed E-state index contributed by atoms with van der Waals surface area (Å²) in [6, 6.07) is 5.60. The highest BCUT2D eigenvalue weighted by Gasteiger charge is 2.43. The van der Waals surface area contributed by atoms with Gasteiger partial charge in [0.1, 0.15) is 42.0 Å². The van der Waals surface area contributed by atoms with Crippen molar-refractivity contribution < 1.29 is 19.0 Å². The molecule has 7 nitrogen and oxygen atoms in total. The molecule has 0 saturated carbocycles. The number of likely N-dealkylation sites (tertiary alicyclic amines) is 1. The Bertz CT molecular complexity index is 733. The topological polar surface area (TPSA) is 80.5 Å². The second-order valence-corrected chi connectivity index (χ2v) is 6.84. The van der Waals surface area contributed by atoms with Crippen molar-refractivity contribution >= 4 is 5.91 Å². The van der Waals surface area contributed by atoms with Crippen molar-refractivity contribution in [1.29, 1.82) is 0 Å². The fraction of sp³-hybridized carbons (Fsp3) is 0.471. The van der Waals surface area contributed by atoms with E-state index in [1.807, 2.05) is 0 Å². The summed E-state index contributed by atoms with van der Waals surface area (Å²) in [5, 5.41) is 14.7. The van der Waals surface area contributed by atoms with Crippen LogP contribution in [0, 0.1) is 5.82 Å². The van der Waals surface area contributed by atoms with Crippen LogP contribution < -0.4 is 4.74 Å². The molecule has 134 valence electrons. The number of rotatable bonds is 5. The Morgan fingerprint density at radius 3 is 2.76 bits per heavy atom. The number of aliphatic hydroxyl groups is 1. The first-order valence-electron chi connectivity index (χ1n) is 8.05. The molecule has 2 heterocycles. The number of halogens is 1. The van der Waals surface area contributed by atoms with Crippen molar-refractivity contribution in [3.8, 4) is 5.75 Å². The highest BCUT2D eigenvalue weighted by Crippen LogP contribution is 2.27. The smallest absolute Gasteiger partial charge is 0.250 e. The Morgan fingerprint density at radius 2 is 2.12 bits per heavy atom. The number of carbonyl (C=O) groups excluding carboxylic acids is 1. The Balaban J connectivity index is 1.62. The summed E-state index contributed by atoms with van der Waals surface area (Å²) in [6.45, 7) is 4.16. The predicted molar refractivity (Wildman–Crippen MR) is 87.4 cm³/mol. The molecule has 1 saturated heterocycles. The fourth-order valence-electron chi connectivity index (χ4n) is 2.88. The van der Waals surface area contributed by atoms with Crippen molar-refractivity contribution in [1.82, 2.24) is 19.7 Å².